The Morgan fingerprint density at radius 1 is 1.17 bits per heavy atom. The van der Waals surface area contributed by atoms with E-state index in [1.165, 1.54) is 0 Å². The van der Waals surface area contributed by atoms with Gasteiger partial charge in [-0.15, -0.1) is 12.4 Å². The highest BCUT2D eigenvalue weighted by Gasteiger charge is 2.34. The summed E-state index contributed by atoms with van der Waals surface area (Å²) in [5, 5.41) is 0. The maximum atomic E-state index is 12.1. The highest BCUT2D eigenvalue weighted by atomic mass is 35.5. The average Bonchev–Trinajstić information content (AvgIpc) is 3.36. The van der Waals surface area contributed by atoms with Crippen LogP contribution in [0.25, 0.3) is 0 Å². The maximum Gasteiger partial charge on any atom is 0.251 e. The predicted octanol–water partition coefficient (Wildman–Crippen LogP) is 1.87. The molecule has 11 heteroatoms. The smallest absolute Gasteiger partial charge is 0.251 e. The number of benzene rings is 1. The monoisotopic (exact) mass is 500 g/mol. The molecule has 0 radical (unpaired) electrons. The molecule has 1 aromatic heterocycles. The second-order valence-electron chi connectivity index (χ2n) is 8.21. The molecular formula is C24H29ClN6O4. The van der Waals surface area contributed by atoms with Crippen molar-refractivity contribution >= 4 is 35.7 Å². The summed E-state index contributed by atoms with van der Waals surface area (Å²) in [7, 11) is 1.60. The molecule has 1 fully saturated rings. The topological polar surface area (TPSA) is 115 Å². The molecule has 0 saturated carbocycles. The number of amides is 1. The van der Waals surface area contributed by atoms with E-state index in [1.807, 2.05) is 17.0 Å². The number of halogens is 1. The third-order valence-corrected chi connectivity index (χ3v) is 6.12. The van der Waals surface area contributed by atoms with E-state index in [9.17, 15) is 4.79 Å². The molecule has 1 amide bonds. The summed E-state index contributed by atoms with van der Waals surface area (Å²) in [4.78, 5) is 30.4. The molecule has 2 N–H and O–H groups in total. The number of nitrogens with two attached hydrogens (primary N) is 1. The van der Waals surface area contributed by atoms with E-state index in [4.69, 9.17) is 24.9 Å². The number of carbonyl (C=O) groups is 1. The van der Waals surface area contributed by atoms with Gasteiger partial charge >= 0.3 is 0 Å². The highest BCUT2D eigenvalue weighted by molar-refractivity contribution is 6.22. The Bertz CT molecular complexity index is 1150. The normalized spacial score (nSPS) is 17.0. The first-order chi connectivity index (χ1) is 16.7. The van der Waals surface area contributed by atoms with Gasteiger partial charge in [0.25, 0.3) is 5.91 Å². The zero-order chi connectivity index (χ0) is 23.5. The van der Waals surface area contributed by atoms with Crippen molar-refractivity contribution in [2.24, 2.45) is 15.7 Å². The van der Waals surface area contributed by atoms with Gasteiger partial charge in [0.15, 0.2) is 17.3 Å². The molecule has 0 unspecified atom stereocenters. The quantitative estimate of drug-likeness (QED) is 0.550. The van der Waals surface area contributed by atoms with Crippen LogP contribution in [0, 0.1) is 0 Å². The molecule has 0 atom stereocenters. The van der Waals surface area contributed by atoms with Crippen LogP contribution in [0.5, 0.6) is 11.5 Å². The van der Waals surface area contributed by atoms with Gasteiger partial charge in [-0.2, -0.15) is 0 Å². The molecule has 35 heavy (non-hydrogen) atoms. The summed E-state index contributed by atoms with van der Waals surface area (Å²) in [6, 6.07) is 7.20. The number of morpholine rings is 1. The number of hydrogen-bond acceptors (Lipinski definition) is 9. The number of hydrogen-bond donors (Lipinski definition) is 1. The van der Waals surface area contributed by atoms with E-state index in [-0.39, 0.29) is 12.4 Å². The summed E-state index contributed by atoms with van der Waals surface area (Å²) >= 11 is 0. The molecule has 0 spiro atoms. The lowest BCUT2D eigenvalue weighted by Gasteiger charge is -2.29. The fraction of sp³-hybridized carbons (Fsp3) is 0.417. The van der Waals surface area contributed by atoms with Crippen LogP contribution in [0.1, 0.15) is 28.0 Å². The summed E-state index contributed by atoms with van der Waals surface area (Å²) < 4.78 is 17.3. The first-order valence-electron chi connectivity index (χ1n) is 11.5. The number of primary amides is 1. The van der Waals surface area contributed by atoms with Crippen molar-refractivity contribution < 1.29 is 19.0 Å². The standard InChI is InChI=1S/C24H28N6O4.ClH/c1-32-21-18(34-13-3-9-29-11-14-33-15-12-29)6-5-17-19(21)28-24(30-10-8-27-23(17)30)20-16(22(25)31)4-2-7-26-20;/h2,4-7H,3,8-15H2,1H3,(H2,25,31);1H. The first-order valence-corrected chi connectivity index (χ1v) is 11.5. The molecule has 3 aliphatic heterocycles. The average molecular weight is 501 g/mol. The molecule has 1 saturated heterocycles. The highest BCUT2D eigenvalue weighted by Crippen LogP contribution is 2.44. The van der Waals surface area contributed by atoms with Crippen molar-refractivity contribution in [3.8, 4) is 11.5 Å². The molecule has 2 aromatic rings. The van der Waals surface area contributed by atoms with Crippen LogP contribution in [-0.2, 0) is 4.74 Å². The molecule has 0 bridgehead atoms. The molecule has 10 nitrogen and oxygen atoms in total. The minimum absolute atomic E-state index is 0. The fourth-order valence-corrected chi connectivity index (χ4v) is 4.46. The minimum atomic E-state index is -0.557. The van der Waals surface area contributed by atoms with E-state index in [0.29, 0.717) is 54.0 Å². The van der Waals surface area contributed by atoms with Gasteiger partial charge in [0.05, 0.1) is 39.0 Å². The van der Waals surface area contributed by atoms with Crippen LogP contribution in [0.2, 0.25) is 0 Å². The molecule has 186 valence electrons. The van der Waals surface area contributed by atoms with Crippen LogP contribution in [0.15, 0.2) is 40.4 Å². The lowest BCUT2D eigenvalue weighted by Crippen LogP contribution is -2.39. The van der Waals surface area contributed by atoms with E-state index < -0.39 is 5.91 Å². The molecule has 5 rings (SSSR count). The van der Waals surface area contributed by atoms with Crippen LogP contribution >= 0.6 is 12.4 Å². The zero-order valence-electron chi connectivity index (χ0n) is 19.6. The number of ether oxygens (including phenoxy) is 3. The fourth-order valence-electron chi connectivity index (χ4n) is 4.46. The van der Waals surface area contributed by atoms with Crippen molar-refractivity contribution in [3.63, 3.8) is 0 Å². The number of amidine groups is 2. The Kier molecular flexibility index (Phi) is 7.84. The molecule has 3 aliphatic rings. The number of rotatable bonds is 8. The van der Waals surface area contributed by atoms with Crippen molar-refractivity contribution in [3.05, 3.63) is 47.3 Å². The van der Waals surface area contributed by atoms with Gasteiger partial charge < -0.3 is 24.8 Å². The Morgan fingerprint density at radius 3 is 2.77 bits per heavy atom. The van der Waals surface area contributed by atoms with Gasteiger partial charge in [-0.1, -0.05) is 0 Å². The minimum Gasteiger partial charge on any atom is -0.491 e. The van der Waals surface area contributed by atoms with E-state index in [2.05, 4.69) is 14.9 Å². The third kappa shape index (κ3) is 4.95. The first kappa shape index (κ1) is 24.9. The number of fused-ring (bicyclic) bond motifs is 3. The largest absolute Gasteiger partial charge is 0.491 e. The van der Waals surface area contributed by atoms with Gasteiger partial charge in [0, 0.05) is 37.9 Å². The number of aliphatic imine (C=N–C) groups is 2. The van der Waals surface area contributed by atoms with Crippen molar-refractivity contribution in [1.29, 1.82) is 0 Å². The van der Waals surface area contributed by atoms with E-state index in [0.717, 1.165) is 50.7 Å². The van der Waals surface area contributed by atoms with Crippen LogP contribution < -0.4 is 15.2 Å². The second-order valence-corrected chi connectivity index (χ2v) is 8.21. The number of carbonyl (C=O) groups excluding carboxylic acids is 1. The molecule has 0 aliphatic carbocycles. The Hall–Kier alpha value is -3.21. The number of pyridine rings is 1. The van der Waals surface area contributed by atoms with Crippen LogP contribution in [0.4, 0.5) is 5.69 Å². The third-order valence-electron chi connectivity index (χ3n) is 6.12. The van der Waals surface area contributed by atoms with Crippen LogP contribution in [-0.4, -0.2) is 92.0 Å². The van der Waals surface area contributed by atoms with Gasteiger partial charge in [-0.3, -0.25) is 19.7 Å². The number of nitrogens with zero attached hydrogens (tertiary/aromatic N) is 5. The molecule has 1 aromatic carbocycles. The molecular weight excluding hydrogens is 472 g/mol. The predicted molar refractivity (Wildman–Crippen MR) is 135 cm³/mol. The Morgan fingerprint density at radius 2 is 2.00 bits per heavy atom. The van der Waals surface area contributed by atoms with Crippen LogP contribution in [0.3, 0.4) is 0 Å². The van der Waals surface area contributed by atoms with Gasteiger partial charge in [-0.25, -0.2) is 4.99 Å². The summed E-state index contributed by atoms with van der Waals surface area (Å²) in [6.07, 6.45) is 2.52. The molecule has 4 heterocycles. The summed E-state index contributed by atoms with van der Waals surface area (Å²) in [6.45, 7) is 6.27. The van der Waals surface area contributed by atoms with Gasteiger partial charge in [0.2, 0.25) is 0 Å². The number of methoxy groups -OCH3 is 1. The maximum absolute atomic E-state index is 12.1. The summed E-state index contributed by atoms with van der Waals surface area (Å²) in [5.41, 5.74) is 7.82. The van der Waals surface area contributed by atoms with Crippen molar-refractivity contribution in [2.75, 3.05) is 59.7 Å². The lowest BCUT2D eigenvalue weighted by molar-refractivity contribution is 0.0357. The van der Waals surface area contributed by atoms with Gasteiger partial charge in [0.1, 0.15) is 17.2 Å². The van der Waals surface area contributed by atoms with E-state index >= 15 is 0 Å². The zero-order valence-corrected chi connectivity index (χ0v) is 20.4. The Balaban J connectivity index is 0.00000289. The van der Waals surface area contributed by atoms with Crippen molar-refractivity contribution in [1.82, 2.24) is 14.8 Å². The Labute approximate surface area is 210 Å². The van der Waals surface area contributed by atoms with Gasteiger partial charge in [-0.05, 0) is 30.7 Å². The lowest BCUT2D eigenvalue weighted by atomic mass is 10.1. The van der Waals surface area contributed by atoms with E-state index in [1.54, 1.807) is 25.4 Å². The SMILES string of the molecule is COc1c(OCCCN2CCOCC2)ccc2c1N=C(c1ncccc1C(N)=O)N1CCN=C21.Cl. The second kappa shape index (κ2) is 11.0. The van der Waals surface area contributed by atoms with Crippen molar-refractivity contribution in [2.45, 2.75) is 6.42 Å². The summed E-state index contributed by atoms with van der Waals surface area (Å²) in [5.74, 6) is 1.90. The number of aromatic nitrogens is 1.